The van der Waals surface area contributed by atoms with E-state index in [1.807, 2.05) is 24.3 Å². The normalized spacial score (nSPS) is 10.2. The molecule has 0 saturated heterocycles. The van der Waals surface area contributed by atoms with Gasteiger partial charge in [0.2, 0.25) is 0 Å². The van der Waals surface area contributed by atoms with Crippen molar-refractivity contribution in [1.29, 1.82) is 5.41 Å². The summed E-state index contributed by atoms with van der Waals surface area (Å²) in [6, 6.07) is 9.35. The third-order valence-corrected chi connectivity index (χ3v) is 3.25. The molecule has 0 amide bonds. The minimum atomic E-state index is 0.213. The van der Waals surface area contributed by atoms with Crippen molar-refractivity contribution >= 4 is 35.1 Å². The first-order chi connectivity index (χ1) is 9.63. The van der Waals surface area contributed by atoms with Gasteiger partial charge in [0.25, 0.3) is 0 Å². The Morgan fingerprint density at radius 3 is 2.60 bits per heavy atom. The second kappa shape index (κ2) is 6.59. The van der Waals surface area contributed by atoms with E-state index in [1.54, 1.807) is 13.2 Å². The number of rotatable bonds is 5. The molecular weight excluding hydrogens is 297 g/mol. The van der Waals surface area contributed by atoms with Gasteiger partial charge in [-0.25, -0.2) is 4.98 Å². The van der Waals surface area contributed by atoms with Crippen molar-refractivity contribution in [3.8, 4) is 5.75 Å². The lowest BCUT2D eigenvalue weighted by Crippen LogP contribution is -2.03. The van der Waals surface area contributed by atoms with E-state index in [-0.39, 0.29) is 10.3 Å². The Morgan fingerprint density at radius 1 is 1.30 bits per heavy atom. The van der Waals surface area contributed by atoms with Gasteiger partial charge in [-0.15, -0.1) is 0 Å². The maximum atomic E-state index is 7.38. The van der Waals surface area contributed by atoms with Gasteiger partial charge in [0.05, 0.1) is 12.7 Å². The van der Waals surface area contributed by atoms with E-state index in [4.69, 9.17) is 33.3 Å². The lowest BCUT2D eigenvalue weighted by Gasteiger charge is -2.11. The molecule has 2 rings (SSSR count). The molecule has 6 heteroatoms. The Morgan fingerprint density at radius 2 is 2.00 bits per heavy atom. The molecule has 1 heterocycles. The van der Waals surface area contributed by atoms with Crippen LogP contribution in [0.5, 0.6) is 5.75 Å². The monoisotopic (exact) mass is 309 g/mol. The highest BCUT2D eigenvalue weighted by molar-refractivity contribution is 6.34. The molecule has 0 bridgehead atoms. The van der Waals surface area contributed by atoms with Crippen LogP contribution in [-0.2, 0) is 6.54 Å². The van der Waals surface area contributed by atoms with Crippen LogP contribution in [0, 0.1) is 5.41 Å². The lowest BCUT2D eigenvalue weighted by atomic mass is 10.2. The summed E-state index contributed by atoms with van der Waals surface area (Å²) >= 11 is 11.8. The Kier molecular flexibility index (Phi) is 4.82. The number of aromatic nitrogens is 1. The van der Waals surface area contributed by atoms with Crippen LogP contribution >= 0.6 is 23.2 Å². The number of ether oxygens (including phenoxy) is 1. The van der Waals surface area contributed by atoms with Gasteiger partial charge in [-0.05, 0) is 23.8 Å². The van der Waals surface area contributed by atoms with Gasteiger partial charge >= 0.3 is 0 Å². The number of anilines is 1. The molecule has 1 aromatic carbocycles. The van der Waals surface area contributed by atoms with Crippen molar-refractivity contribution < 1.29 is 4.74 Å². The quantitative estimate of drug-likeness (QED) is 0.648. The van der Waals surface area contributed by atoms with Crippen molar-refractivity contribution in [1.82, 2.24) is 4.98 Å². The van der Waals surface area contributed by atoms with Crippen molar-refractivity contribution in [2.75, 3.05) is 12.4 Å². The van der Waals surface area contributed by atoms with E-state index in [0.717, 1.165) is 17.5 Å². The summed E-state index contributed by atoms with van der Waals surface area (Å²) < 4.78 is 5.11. The van der Waals surface area contributed by atoms with E-state index < -0.39 is 0 Å². The summed E-state index contributed by atoms with van der Waals surface area (Å²) in [7, 11) is 1.63. The molecule has 20 heavy (non-hydrogen) atoms. The first kappa shape index (κ1) is 14.6. The molecule has 0 fully saturated rings. The average Bonchev–Trinajstić information content (AvgIpc) is 2.45. The number of methoxy groups -OCH3 is 1. The summed E-state index contributed by atoms with van der Waals surface area (Å²) in [5.74, 6) is 0.809. The minimum Gasteiger partial charge on any atom is -0.497 e. The van der Waals surface area contributed by atoms with E-state index in [9.17, 15) is 0 Å². The highest BCUT2D eigenvalue weighted by Crippen LogP contribution is 2.25. The topological polar surface area (TPSA) is 58.0 Å². The third kappa shape index (κ3) is 3.40. The maximum Gasteiger partial charge on any atom is 0.141 e. The van der Waals surface area contributed by atoms with Crippen LogP contribution in [0.1, 0.15) is 11.1 Å². The van der Waals surface area contributed by atoms with Crippen molar-refractivity contribution in [3.63, 3.8) is 0 Å². The number of nitrogens with zero attached hydrogens (tertiary/aromatic N) is 1. The van der Waals surface area contributed by atoms with Gasteiger partial charge in [0.15, 0.2) is 0 Å². The van der Waals surface area contributed by atoms with Gasteiger partial charge in [-0.1, -0.05) is 35.3 Å². The van der Waals surface area contributed by atoms with Crippen molar-refractivity contribution in [2.24, 2.45) is 0 Å². The highest BCUT2D eigenvalue weighted by Gasteiger charge is 2.08. The molecule has 104 valence electrons. The highest BCUT2D eigenvalue weighted by atomic mass is 35.5. The zero-order chi connectivity index (χ0) is 14.5. The van der Waals surface area contributed by atoms with E-state index in [0.29, 0.717) is 17.8 Å². The number of halogens is 2. The predicted octanol–water partition coefficient (Wildman–Crippen LogP) is 4.01. The Labute approximate surface area is 127 Å². The predicted molar refractivity (Wildman–Crippen MR) is 82.5 cm³/mol. The lowest BCUT2D eigenvalue weighted by molar-refractivity contribution is 0.414. The van der Waals surface area contributed by atoms with Gasteiger partial charge in [-0.2, -0.15) is 0 Å². The summed E-state index contributed by atoms with van der Waals surface area (Å²) in [5.41, 5.74) is 2.27. The molecule has 0 aliphatic rings. The van der Waals surface area contributed by atoms with Crippen LogP contribution in [0.3, 0.4) is 0 Å². The second-order valence-electron chi connectivity index (χ2n) is 4.04. The first-order valence-corrected chi connectivity index (χ1v) is 6.63. The number of hydrogen-bond acceptors (Lipinski definition) is 4. The number of pyridine rings is 1. The summed E-state index contributed by atoms with van der Waals surface area (Å²) in [6.07, 6.45) is 1.15. The average molecular weight is 310 g/mol. The molecule has 0 unspecified atom stereocenters. The molecule has 2 aromatic rings. The Balaban J connectivity index is 2.15. The summed E-state index contributed by atoms with van der Waals surface area (Å²) in [6.45, 7) is 0.585. The molecule has 4 nitrogen and oxygen atoms in total. The molecule has 0 radical (unpaired) electrons. The number of hydrogen-bond donors (Lipinski definition) is 2. The van der Waals surface area contributed by atoms with Crippen LogP contribution in [0.25, 0.3) is 0 Å². The second-order valence-corrected chi connectivity index (χ2v) is 4.79. The van der Waals surface area contributed by atoms with Crippen LogP contribution in [0.4, 0.5) is 5.69 Å². The summed E-state index contributed by atoms with van der Waals surface area (Å²) in [5, 5.41) is 11.1. The first-order valence-electron chi connectivity index (χ1n) is 5.87. The molecule has 1 aromatic heterocycles. The zero-order valence-corrected chi connectivity index (χ0v) is 12.3. The number of benzene rings is 1. The van der Waals surface area contributed by atoms with Crippen LogP contribution in [-0.4, -0.2) is 18.3 Å². The molecule has 0 saturated carbocycles. The van der Waals surface area contributed by atoms with Gasteiger partial charge in [0, 0.05) is 18.4 Å². The van der Waals surface area contributed by atoms with Crippen LogP contribution < -0.4 is 10.1 Å². The van der Waals surface area contributed by atoms with E-state index in [2.05, 4.69) is 10.3 Å². The zero-order valence-electron chi connectivity index (χ0n) is 10.8. The standard InChI is InChI=1S/C14H13Cl2N3O/c1-20-10-4-2-9(3-5-10)8-18-12-6-13(15)19-14(16)11(12)7-17/h2-7,17H,8H2,1H3,(H,18,19). The summed E-state index contributed by atoms with van der Waals surface area (Å²) in [4.78, 5) is 3.91. The van der Waals surface area contributed by atoms with Crippen molar-refractivity contribution in [2.45, 2.75) is 6.54 Å². The van der Waals surface area contributed by atoms with Gasteiger partial charge in [0.1, 0.15) is 16.1 Å². The smallest absolute Gasteiger partial charge is 0.141 e. The van der Waals surface area contributed by atoms with Gasteiger partial charge < -0.3 is 15.5 Å². The molecule has 0 aliphatic heterocycles. The van der Waals surface area contributed by atoms with E-state index >= 15 is 0 Å². The fourth-order valence-corrected chi connectivity index (χ4v) is 2.20. The SMILES string of the molecule is COc1ccc(CNc2cc(Cl)nc(Cl)c2C=N)cc1. The molecule has 0 spiro atoms. The third-order valence-electron chi connectivity index (χ3n) is 2.77. The van der Waals surface area contributed by atoms with Crippen LogP contribution in [0.15, 0.2) is 30.3 Å². The Hall–Kier alpha value is -1.78. The minimum absolute atomic E-state index is 0.213. The molecule has 0 aliphatic carbocycles. The van der Waals surface area contributed by atoms with Crippen LogP contribution in [0.2, 0.25) is 10.3 Å². The molecule has 2 N–H and O–H groups in total. The molecular formula is C14H13Cl2N3O. The Bertz CT molecular complexity index is 615. The fraction of sp³-hybridized carbons (Fsp3) is 0.143. The van der Waals surface area contributed by atoms with Gasteiger partial charge in [-0.3, -0.25) is 0 Å². The van der Waals surface area contributed by atoms with Crippen molar-refractivity contribution in [3.05, 3.63) is 51.8 Å². The fourth-order valence-electron chi connectivity index (χ4n) is 1.72. The molecule has 0 atom stereocenters. The number of nitrogens with one attached hydrogen (secondary N) is 2. The largest absolute Gasteiger partial charge is 0.497 e. The van der Waals surface area contributed by atoms with E-state index in [1.165, 1.54) is 0 Å². The maximum absolute atomic E-state index is 7.38.